The Hall–Kier alpha value is -4.75. The van der Waals surface area contributed by atoms with E-state index in [0.717, 1.165) is 12.8 Å². The molecule has 3 heterocycles. The molecular formula is C40H45N5O7S. The number of amides is 4. The zero-order valence-corrected chi connectivity index (χ0v) is 30.4. The van der Waals surface area contributed by atoms with Crippen LogP contribution in [-0.2, 0) is 37.5 Å². The summed E-state index contributed by atoms with van der Waals surface area (Å²) in [4.78, 5) is 59.9. The summed E-state index contributed by atoms with van der Waals surface area (Å²) in [7, 11) is -3.86. The van der Waals surface area contributed by atoms with Crippen LogP contribution in [-0.4, -0.2) is 77.5 Å². The second-order valence-corrected chi connectivity index (χ2v) is 17.1. The Morgan fingerprint density at radius 3 is 2.34 bits per heavy atom. The first-order chi connectivity index (χ1) is 25.6. The number of para-hydroxylation sites is 1. The van der Waals surface area contributed by atoms with E-state index in [1.54, 1.807) is 29.2 Å². The van der Waals surface area contributed by atoms with Crippen LogP contribution in [0, 0.1) is 5.92 Å². The highest BCUT2D eigenvalue weighted by atomic mass is 32.2. The predicted molar refractivity (Wildman–Crippen MR) is 198 cm³/mol. The number of hydrogen-bond donors (Lipinski definition) is 3. The lowest BCUT2D eigenvalue weighted by Gasteiger charge is -2.34. The van der Waals surface area contributed by atoms with Gasteiger partial charge in [-0.05, 0) is 79.0 Å². The van der Waals surface area contributed by atoms with Crippen LogP contribution in [0.15, 0.2) is 78.9 Å². The van der Waals surface area contributed by atoms with Gasteiger partial charge in [-0.1, -0.05) is 79.6 Å². The first-order valence-electron chi connectivity index (χ1n) is 18.7. The molecule has 4 unspecified atom stereocenters. The highest BCUT2D eigenvalue weighted by Gasteiger charge is 2.62. The number of ether oxygens (including phenoxy) is 1. The molecule has 1 saturated heterocycles. The van der Waals surface area contributed by atoms with Crippen LogP contribution in [0.1, 0.15) is 68.9 Å². The van der Waals surface area contributed by atoms with Crippen molar-refractivity contribution in [1.82, 2.24) is 25.2 Å². The van der Waals surface area contributed by atoms with Crippen molar-refractivity contribution in [3.63, 3.8) is 0 Å². The van der Waals surface area contributed by atoms with Crippen molar-refractivity contribution in [1.29, 1.82) is 0 Å². The smallest absolute Gasteiger partial charge is 0.410 e. The van der Waals surface area contributed by atoms with E-state index in [2.05, 4.69) is 44.5 Å². The van der Waals surface area contributed by atoms with Gasteiger partial charge in [0.1, 0.15) is 23.4 Å². The summed E-state index contributed by atoms with van der Waals surface area (Å²) < 4.78 is 33.5. The van der Waals surface area contributed by atoms with Gasteiger partial charge in [-0.15, -0.1) is 0 Å². The molecule has 3 aromatic rings. The molecule has 0 bridgehead atoms. The predicted octanol–water partition coefficient (Wildman–Crippen LogP) is 4.29. The van der Waals surface area contributed by atoms with Crippen molar-refractivity contribution in [2.45, 2.75) is 99.8 Å². The third-order valence-corrected chi connectivity index (χ3v) is 13.3. The van der Waals surface area contributed by atoms with Crippen molar-refractivity contribution in [2.24, 2.45) is 5.92 Å². The minimum absolute atomic E-state index is 0.205. The van der Waals surface area contributed by atoms with E-state index >= 15 is 0 Å². The molecule has 3 fully saturated rings. The lowest BCUT2D eigenvalue weighted by atomic mass is 9.94. The Balaban J connectivity index is 1.09. The minimum Gasteiger partial charge on any atom is -0.410 e. The van der Waals surface area contributed by atoms with Gasteiger partial charge in [0, 0.05) is 31.6 Å². The lowest BCUT2D eigenvalue weighted by molar-refractivity contribution is -0.141. The fraction of sp³-hybridized carbons (Fsp3) is 0.450. The van der Waals surface area contributed by atoms with E-state index in [4.69, 9.17) is 4.74 Å². The fourth-order valence-electron chi connectivity index (χ4n) is 8.33. The number of carbonyl (C=O) groups is 4. The summed E-state index contributed by atoms with van der Waals surface area (Å²) in [5.74, 6) is -1.70. The van der Waals surface area contributed by atoms with Gasteiger partial charge in [0.25, 0.3) is 5.91 Å². The van der Waals surface area contributed by atoms with Crippen LogP contribution >= 0.6 is 0 Å². The molecule has 13 heteroatoms. The summed E-state index contributed by atoms with van der Waals surface area (Å²) in [5.41, 5.74) is 0.903. The zero-order valence-electron chi connectivity index (χ0n) is 29.5. The second-order valence-electron chi connectivity index (χ2n) is 15.1. The Morgan fingerprint density at radius 2 is 1.62 bits per heavy atom. The van der Waals surface area contributed by atoms with E-state index in [1.165, 1.54) is 21.9 Å². The van der Waals surface area contributed by atoms with Gasteiger partial charge in [-0.2, -0.15) is 0 Å². The number of allylic oxidation sites excluding steroid dienone is 1. The number of hydrogen-bond acceptors (Lipinski definition) is 8. The first kappa shape index (κ1) is 35.3. The molecular weight excluding hydrogens is 695 g/mol. The third kappa shape index (κ3) is 7.28. The van der Waals surface area contributed by atoms with Gasteiger partial charge in [-0.25, -0.2) is 13.2 Å². The average molecular weight is 740 g/mol. The maximum absolute atomic E-state index is 14.6. The van der Waals surface area contributed by atoms with Crippen LogP contribution in [0.5, 0.6) is 5.75 Å². The van der Waals surface area contributed by atoms with Crippen LogP contribution in [0.25, 0.3) is 10.8 Å². The molecule has 3 aromatic carbocycles. The van der Waals surface area contributed by atoms with Crippen molar-refractivity contribution in [3.8, 4) is 5.75 Å². The van der Waals surface area contributed by atoms with Crippen LogP contribution in [0.4, 0.5) is 4.79 Å². The number of rotatable bonds is 6. The molecule has 8 rings (SSSR count). The van der Waals surface area contributed by atoms with Gasteiger partial charge in [0.15, 0.2) is 0 Å². The Morgan fingerprint density at radius 1 is 0.887 bits per heavy atom. The molecule has 0 aromatic heterocycles. The molecule has 53 heavy (non-hydrogen) atoms. The van der Waals surface area contributed by atoms with Crippen molar-refractivity contribution in [3.05, 3.63) is 90.0 Å². The molecule has 2 saturated carbocycles. The number of benzene rings is 3. The Labute approximate surface area is 309 Å². The number of nitrogens with one attached hydrogen (secondary N) is 3. The summed E-state index contributed by atoms with van der Waals surface area (Å²) in [6.45, 7) is 1.51. The Kier molecular flexibility index (Phi) is 9.48. The topological polar surface area (TPSA) is 154 Å². The van der Waals surface area contributed by atoms with Gasteiger partial charge in [0.05, 0.1) is 5.25 Å². The maximum Gasteiger partial charge on any atom is 0.413 e. The molecule has 5 aliphatic rings. The molecule has 278 valence electrons. The van der Waals surface area contributed by atoms with Crippen LogP contribution in [0.3, 0.4) is 0 Å². The second kappa shape index (κ2) is 14.2. The van der Waals surface area contributed by atoms with Crippen LogP contribution < -0.4 is 20.1 Å². The van der Waals surface area contributed by atoms with E-state index in [0.29, 0.717) is 57.4 Å². The van der Waals surface area contributed by atoms with Gasteiger partial charge < -0.3 is 20.3 Å². The maximum atomic E-state index is 14.6. The molecule has 0 radical (unpaired) electrons. The van der Waals surface area contributed by atoms with Gasteiger partial charge >= 0.3 is 6.09 Å². The van der Waals surface area contributed by atoms with E-state index < -0.39 is 56.7 Å². The van der Waals surface area contributed by atoms with E-state index in [-0.39, 0.29) is 24.9 Å². The monoisotopic (exact) mass is 739 g/mol. The molecule has 12 nitrogen and oxygen atoms in total. The normalized spacial score (nSPS) is 28.4. The molecule has 5 atom stereocenters. The number of fused-ring (bicyclic) bond motifs is 2. The molecule has 2 aliphatic carbocycles. The summed E-state index contributed by atoms with van der Waals surface area (Å²) >= 11 is 0. The molecule has 0 spiro atoms. The van der Waals surface area contributed by atoms with Gasteiger partial charge in [-0.3, -0.25) is 24.0 Å². The summed E-state index contributed by atoms with van der Waals surface area (Å²) in [5, 5.41) is 7.57. The standard InChI is InChI=1S/C40H45N5O7S/c46-36-34-21-30(44-23-27-13-9-11-26-12-10-14-28(24-44)35(26)27)25-45(34)37(47)33(41-39(49)52-31-16-6-4-7-17-31)18-8-3-1-2-5-15-29-22-40(29,42-36)38(48)43-53(50,51)32-19-20-32/h4-7,9-17,29-30,32-34H,1-3,8,18-25H2,(H,41,49)(H,42,46)(H,43,48)/b15-5+/t29?,30-,33?,34?,40?/m1/s1. The number of carbonyl (C=O) groups excluding carboxylic acids is 4. The highest BCUT2D eigenvalue weighted by molar-refractivity contribution is 7.91. The van der Waals surface area contributed by atoms with Gasteiger partial charge in [0.2, 0.25) is 21.8 Å². The van der Waals surface area contributed by atoms with Crippen molar-refractivity contribution in [2.75, 3.05) is 6.54 Å². The SMILES string of the molecule is O=C(NC1CCCCC/C=C/C2CC2(C(=O)NS(=O)(=O)C2CC2)NC(=O)C2C[C@@H](N3Cc4cccc5cccc(c45)C3)CN2C1=O)Oc1ccccc1. The largest absolute Gasteiger partial charge is 0.413 e. The molecule has 4 amide bonds. The number of nitrogens with zero attached hydrogens (tertiary/aromatic N) is 2. The first-order valence-corrected chi connectivity index (χ1v) is 20.3. The highest BCUT2D eigenvalue weighted by Crippen LogP contribution is 2.46. The zero-order chi connectivity index (χ0) is 36.7. The van der Waals surface area contributed by atoms with Crippen molar-refractivity contribution < 1.29 is 32.3 Å². The Bertz CT molecular complexity index is 2030. The lowest BCUT2D eigenvalue weighted by Crippen LogP contribution is -2.58. The average Bonchev–Trinajstić information content (AvgIpc) is 4.07. The van der Waals surface area contributed by atoms with E-state index in [1.807, 2.05) is 30.4 Å². The summed E-state index contributed by atoms with van der Waals surface area (Å²) in [6.07, 6.45) is 8.01. The quantitative estimate of drug-likeness (QED) is 0.317. The van der Waals surface area contributed by atoms with Crippen LogP contribution in [0.2, 0.25) is 0 Å². The third-order valence-electron chi connectivity index (χ3n) is 11.4. The van der Waals surface area contributed by atoms with E-state index in [9.17, 15) is 27.6 Å². The number of sulfonamides is 1. The fourth-order valence-corrected chi connectivity index (χ4v) is 9.69. The van der Waals surface area contributed by atoms with Crippen molar-refractivity contribution >= 4 is 44.6 Å². The summed E-state index contributed by atoms with van der Waals surface area (Å²) in [6, 6.07) is 19.0. The minimum atomic E-state index is -3.86. The molecule has 3 N–H and O–H groups in total. The molecule has 3 aliphatic heterocycles.